The highest BCUT2D eigenvalue weighted by Crippen LogP contribution is 2.29. The van der Waals surface area contributed by atoms with Crippen molar-refractivity contribution >= 4 is 5.91 Å². The molecular weight excluding hydrogens is 164 g/mol. The normalized spacial score (nSPS) is 33.0. The largest absolute Gasteiger partial charge is 0.349 e. The van der Waals surface area contributed by atoms with Crippen LogP contribution in [-0.4, -0.2) is 36.5 Å². The van der Waals surface area contributed by atoms with Crippen LogP contribution < -0.4 is 5.32 Å². The third-order valence-electron chi connectivity index (χ3n) is 2.78. The van der Waals surface area contributed by atoms with Crippen LogP contribution in [0.3, 0.4) is 0 Å². The third kappa shape index (κ3) is 2.21. The van der Waals surface area contributed by atoms with E-state index in [9.17, 15) is 4.79 Å². The summed E-state index contributed by atoms with van der Waals surface area (Å²) in [5.41, 5.74) is 0.159. The maximum atomic E-state index is 11.0. The fourth-order valence-corrected chi connectivity index (χ4v) is 2.16. The van der Waals surface area contributed by atoms with Gasteiger partial charge in [-0.3, -0.25) is 4.79 Å². The molecule has 0 aromatic rings. The van der Waals surface area contributed by atoms with Gasteiger partial charge >= 0.3 is 0 Å². The van der Waals surface area contributed by atoms with Gasteiger partial charge in [0.1, 0.15) is 0 Å². The second kappa shape index (κ2) is 4.09. The molecule has 1 spiro atoms. The number of hydrogen-bond acceptors (Lipinski definition) is 2. The molecule has 0 radical (unpaired) electrons. The van der Waals surface area contributed by atoms with E-state index in [1.165, 1.54) is 0 Å². The van der Waals surface area contributed by atoms with Crippen molar-refractivity contribution in [2.45, 2.75) is 38.6 Å². The number of hydrogen-bond donors (Lipinski definition) is 1. The summed E-state index contributed by atoms with van der Waals surface area (Å²) in [4.78, 5) is 13.3. The topological polar surface area (TPSA) is 32.3 Å². The van der Waals surface area contributed by atoms with Crippen LogP contribution in [0.4, 0.5) is 0 Å². The van der Waals surface area contributed by atoms with Gasteiger partial charge in [-0.1, -0.05) is 13.8 Å². The van der Waals surface area contributed by atoms with E-state index in [2.05, 4.69) is 17.3 Å². The second-order valence-electron chi connectivity index (χ2n) is 3.82. The zero-order valence-corrected chi connectivity index (χ0v) is 8.89. The van der Waals surface area contributed by atoms with Gasteiger partial charge in [-0.05, 0) is 19.9 Å². The number of amides is 1. The number of nitrogens with zero attached hydrogens (tertiary/aromatic N) is 1. The quantitative estimate of drug-likeness (QED) is 0.609. The summed E-state index contributed by atoms with van der Waals surface area (Å²) < 4.78 is 0. The highest BCUT2D eigenvalue weighted by molar-refractivity contribution is 5.79. The van der Waals surface area contributed by atoms with E-state index in [-0.39, 0.29) is 11.4 Å². The summed E-state index contributed by atoms with van der Waals surface area (Å²) in [6, 6.07) is 0. The van der Waals surface area contributed by atoms with Crippen LogP contribution in [0.5, 0.6) is 0 Å². The van der Waals surface area contributed by atoms with Crippen LogP contribution in [0.2, 0.25) is 0 Å². The molecule has 3 nitrogen and oxygen atoms in total. The monoisotopic (exact) mass is 184 g/mol. The van der Waals surface area contributed by atoms with Crippen molar-refractivity contribution in [2.75, 3.05) is 20.1 Å². The predicted octanol–water partition coefficient (Wildman–Crippen LogP) is 0.997. The van der Waals surface area contributed by atoms with Crippen LogP contribution in [0.25, 0.3) is 0 Å². The second-order valence-corrected chi connectivity index (χ2v) is 3.82. The Morgan fingerprint density at radius 2 is 2.08 bits per heavy atom. The number of likely N-dealkylation sites (N-methyl/N-ethyl adjacent to an activating group) is 1. The SMILES string of the molecule is CC.CN1CCC2(CCC(=O)N2)C1. The van der Waals surface area contributed by atoms with Gasteiger partial charge in [0.15, 0.2) is 0 Å². The smallest absolute Gasteiger partial charge is 0.220 e. The number of likely N-dealkylation sites (tertiary alicyclic amines) is 1. The Morgan fingerprint density at radius 3 is 2.46 bits per heavy atom. The zero-order chi connectivity index (χ0) is 9.90. The van der Waals surface area contributed by atoms with Gasteiger partial charge in [0, 0.05) is 19.5 Å². The predicted molar refractivity (Wildman–Crippen MR) is 53.6 cm³/mol. The Kier molecular flexibility index (Phi) is 3.31. The average Bonchev–Trinajstić information content (AvgIpc) is 2.65. The Balaban J connectivity index is 0.000000396. The molecule has 0 aromatic heterocycles. The van der Waals surface area contributed by atoms with E-state index in [1.807, 2.05) is 13.8 Å². The van der Waals surface area contributed by atoms with E-state index in [0.717, 1.165) is 32.4 Å². The van der Waals surface area contributed by atoms with Crippen LogP contribution in [0.15, 0.2) is 0 Å². The molecule has 2 aliphatic heterocycles. The molecule has 2 aliphatic rings. The molecule has 2 fully saturated rings. The first-order chi connectivity index (χ1) is 6.20. The highest BCUT2D eigenvalue weighted by atomic mass is 16.2. The van der Waals surface area contributed by atoms with E-state index in [4.69, 9.17) is 0 Å². The number of carbonyl (C=O) groups excluding carboxylic acids is 1. The van der Waals surface area contributed by atoms with Gasteiger partial charge in [-0.25, -0.2) is 0 Å². The van der Waals surface area contributed by atoms with Crippen LogP contribution in [0.1, 0.15) is 33.1 Å². The number of nitrogens with one attached hydrogen (secondary N) is 1. The Hall–Kier alpha value is -0.570. The molecule has 0 aliphatic carbocycles. The van der Waals surface area contributed by atoms with Crippen molar-refractivity contribution in [1.82, 2.24) is 10.2 Å². The average molecular weight is 184 g/mol. The van der Waals surface area contributed by atoms with Gasteiger partial charge in [0.05, 0.1) is 5.54 Å². The molecule has 3 heteroatoms. The Morgan fingerprint density at radius 1 is 1.38 bits per heavy atom. The minimum atomic E-state index is 0.159. The molecule has 2 heterocycles. The minimum absolute atomic E-state index is 0.159. The summed E-state index contributed by atoms with van der Waals surface area (Å²) in [5, 5.41) is 3.08. The maximum Gasteiger partial charge on any atom is 0.220 e. The molecule has 0 saturated carbocycles. The van der Waals surface area contributed by atoms with Crippen molar-refractivity contribution in [3.05, 3.63) is 0 Å². The molecule has 1 N–H and O–H groups in total. The standard InChI is InChI=1S/C8H14N2O.C2H6/c1-10-5-4-8(6-10)3-2-7(11)9-8;1-2/h2-6H2,1H3,(H,9,11);1-2H3. The van der Waals surface area contributed by atoms with E-state index in [1.54, 1.807) is 0 Å². The minimum Gasteiger partial charge on any atom is -0.349 e. The van der Waals surface area contributed by atoms with E-state index < -0.39 is 0 Å². The zero-order valence-electron chi connectivity index (χ0n) is 8.89. The van der Waals surface area contributed by atoms with Gasteiger partial charge in [0.2, 0.25) is 5.91 Å². The summed E-state index contributed by atoms with van der Waals surface area (Å²) in [6.45, 7) is 6.17. The van der Waals surface area contributed by atoms with Gasteiger partial charge in [-0.15, -0.1) is 0 Å². The van der Waals surface area contributed by atoms with E-state index >= 15 is 0 Å². The molecule has 2 rings (SSSR count). The summed E-state index contributed by atoms with van der Waals surface area (Å²) in [7, 11) is 2.11. The lowest BCUT2D eigenvalue weighted by Gasteiger charge is -2.22. The summed E-state index contributed by atoms with van der Waals surface area (Å²) in [5.74, 6) is 0.236. The lowest BCUT2D eigenvalue weighted by Crippen LogP contribution is -2.43. The molecule has 1 amide bonds. The van der Waals surface area contributed by atoms with Crippen molar-refractivity contribution < 1.29 is 4.79 Å². The van der Waals surface area contributed by atoms with Crippen molar-refractivity contribution in [1.29, 1.82) is 0 Å². The lowest BCUT2D eigenvalue weighted by atomic mass is 9.97. The number of carbonyl (C=O) groups is 1. The number of rotatable bonds is 0. The fourth-order valence-electron chi connectivity index (χ4n) is 2.16. The molecule has 13 heavy (non-hydrogen) atoms. The molecular formula is C10H20N2O. The third-order valence-corrected chi connectivity index (χ3v) is 2.78. The van der Waals surface area contributed by atoms with E-state index in [0.29, 0.717) is 0 Å². The molecule has 0 aromatic carbocycles. The lowest BCUT2D eigenvalue weighted by molar-refractivity contribution is -0.119. The Labute approximate surface area is 80.5 Å². The van der Waals surface area contributed by atoms with Crippen molar-refractivity contribution in [3.8, 4) is 0 Å². The molecule has 76 valence electrons. The first-order valence-corrected chi connectivity index (χ1v) is 5.20. The summed E-state index contributed by atoms with van der Waals surface area (Å²) >= 11 is 0. The molecule has 1 unspecified atom stereocenters. The highest BCUT2D eigenvalue weighted by Gasteiger charge is 2.41. The van der Waals surface area contributed by atoms with Gasteiger partial charge < -0.3 is 10.2 Å². The fraction of sp³-hybridized carbons (Fsp3) is 0.900. The maximum absolute atomic E-state index is 11.0. The molecule has 2 saturated heterocycles. The first-order valence-electron chi connectivity index (χ1n) is 5.20. The molecule has 0 bridgehead atoms. The van der Waals surface area contributed by atoms with Crippen LogP contribution in [0, 0.1) is 0 Å². The van der Waals surface area contributed by atoms with Gasteiger partial charge in [-0.2, -0.15) is 0 Å². The van der Waals surface area contributed by atoms with Gasteiger partial charge in [0.25, 0.3) is 0 Å². The van der Waals surface area contributed by atoms with Crippen molar-refractivity contribution in [3.63, 3.8) is 0 Å². The first kappa shape index (κ1) is 10.5. The summed E-state index contributed by atoms with van der Waals surface area (Å²) in [6.07, 6.45) is 2.90. The Bertz CT molecular complexity index is 193. The van der Waals surface area contributed by atoms with Crippen LogP contribution in [-0.2, 0) is 4.79 Å². The van der Waals surface area contributed by atoms with Crippen molar-refractivity contribution in [2.24, 2.45) is 0 Å². The van der Waals surface area contributed by atoms with Crippen LogP contribution >= 0.6 is 0 Å². The molecule has 1 atom stereocenters.